The number of likely N-dealkylation sites (tertiary alicyclic amines) is 1. The molecule has 2 heterocycles. The number of hydrogen-bond acceptors (Lipinski definition) is 5. The maximum atomic E-state index is 11.2. The van der Waals surface area contributed by atoms with Gasteiger partial charge in [-0.15, -0.1) is 0 Å². The molecule has 1 aromatic rings. The highest BCUT2D eigenvalue weighted by molar-refractivity contribution is 5.78. The van der Waals surface area contributed by atoms with Crippen molar-refractivity contribution in [1.29, 1.82) is 0 Å². The van der Waals surface area contributed by atoms with Gasteiger partial charge in [0.2, 0.25) is 0 Å². The van der Waals surface area contributed by atoms with Crippen LogP contribution in [-0.2, 0) is 11.3 Å². The summed E-state index contributed by atoms with van der Waals surface area (Å²) in [5.41, 5.74) is 0.653. The molecule has 1 unspecified atom stereocenters. The van der Waals surface area contributed by atoms with Crippen molar-refractivity contribution in [2.75, 3.05) is 6.54 Å². The topological polar surface area (TPSA) is 79.5 Å². The zero-order chi connectivity index (χ0) is 11.8. The van der Waals surface area contributed by atoms with Crippen molar-refractivity contribution in [3.63, 3.8) is 0 Å². The number of aryl methyl sites for hydroxylation is 1. The number of aliphatic carboxylic acids is 1. The Morgan fingerprint density at radius 3 is 2.94 bits per heavy atom. The second-order valence-electron chi connectivity index (χ2n) is 4.40. The van der Waals surface area contributed by atoms with Crippen LogP contribution in [0.15, 0.2) is 4.63 Å². The molecule has 1 aliphatic rings. The second kappa shape index (κ2) is 3.86. The third-order valence-corrected chi connectivity index (χ3v) is 3.34. The average molecular weight is 225 g/mol. The first kappa shape index (κ1) is 11.1. The van der Waals surface area contributed by atoms with E-state index in [0.29, 0.717) is 13.0 Å². The molecule has 16 heavy (non-hydrogen) atoms. The Hall–Kier alpha value is -1.43. The van der Waals surface area contributed by atoms with E-state index in [1.54, 1.807) is 13.8 Å². The molecular formula is C10H15N3O3. The highest BCUT2D eigenvalue weighted by Crippen LogP contribution is 2.30. The van der Waals surface area contributed by atoms with Crippen LogP contribution in [0.3, 0.4) is 0 Å². The first-order valence-corrected chi connectivity index (χ1v) is 5.30. The molecule has 0 saturated carbocycles. The SMILES string of the molecule is Cc1nonc1CN1CCCC1(C)C(=O)O. The van der Waals surface area contributed by atoms with Crippen LogP contribution in [-0.4, -0.2) is 38.4 Å². The highest BCUT2D eigenvalue weighted by atomic mass is 16.6. The Balaban J connectivity index is 2.16. The summed E-state index contributed by atoms with van der Waals surface area (Å²) >= 11 is 0. The number of carbonyl (C=O) groups is 1. The van der Waals surface area contributed by atoms with Crippen molar-refractivity contribution >= 4 is 5.97 Å². The number of nitrogens with zero attached hydrogens (tertiary/aromatic N) is 3. The molecule has 0 spiro atoms. The minimum atomic E-state index is -0.786. The van der Waals surface area contributed by atoms with Gasteiger partial charge in [-0.3, -0.25) is 9.69 Å². The van der Waals surface area contributed by atoms with Crippen molar-refractivity contribution < 1.29 is 14.5 Å². The number of carboxylic acids is 1. The Kier molecular flexibility index (Phi) is 2.67. The summed E-state index contributed by atoms with van der Waals surface area (Å²) < 4.78 is 4.61. The zero-order valence-electron chi connectivity index (χ0n) is 9.43. The largest absolute Gasteiger partial charge is 0.480 e. The van der Waals surface area contributed by atoms with E-state index in [2.05, 4.69) is 14.9 Å². The van der Waals surface area contributed by atoms with Gasteiger partial charge >= 0.3 is 5.97 Å². The lowest BCUT2D eigenvalue weighted by atomic mass is 9.99. The third-order valence-electron chi connectivity index (χ3n) is 3.34. The Morgan fingerprint density at radius 1 is 1.62 bits per heavy atom. The van der Waals surface area contributed by atoms with Gasteiger partial charge in [0.15, 0.2) is 0 Å². The van der Waals surface area contributed by atoms with Crippen LogP contribution >= 0.6 is 0 Å². The fraction of sp³-hybridized carbons (Fsp3) is 0.700. The van der Waals surface area contributed by atoms with Gasteiger partial charge in [-0.2, -0.15) is 0 Å². The van der Waals surface area contributed by atoms with E-state index in [1.807, 2.05) is 4.90 Å². The van der Waals surface area contributed by atoms with Gasteiger partial charge in [-0.05, 0) is 33.2 Å². The van der Waals surface area contributed by atoms with E-state index in [4.69, 9.17) is 0 Å². The van der Waals surface area contributed by atoms with E-state index in [0.717, 1.165) is 24.4 Å². The van der Waals surface area contributed by atoms with Crippen LogP contribution in [0.2, 0.25) is 0 Å². The fourth-order valence-corrected chi connectivity index (χ4v) is 2.09. The standard InChI is InChI=1S/C10H15N3O3/c1-7-8(12-16-11-7)6-13-5-3-4-10(13,2)9(14)15/h3-6H2,1-2H3,(H,14,15). The molecular weight excluding hydrogens is 210 g/mol. The van der Waals surface area contributed by atoms with Crippen LogP contribution in [0.25, 0.3) is 0 Å². The molecule has 0 bridgehead atoms. The van der Waals surface area contributed by atoms with Gasteiger partial charge in [0.1, 0.15) is 16.9 Å². The fourth-order valence-electron chi connectivity index (χ4n) is 2.09. The van der Waals surface area contributed by atoms with Gasteiger partial charge in [0.05, 0.1) is 0 Å². The van der Waals surface area contributed by atoms with E-state index >= 15 is 0 Å². The molecule has 0 amide bonds. The molecule has 2 rings (SSSR count). The van der Waals surface area contributed by atoms with Gasteiger partial charge in [-0.1, -0.05) is 10.3 Å². The molecule has 1 aliphatic heterocycles. The van der Waals surface area contributed by atoms with Crippen molar-refractivity contribution in [2.24, 2.45) is 0 Å². The third kappa shape index (κ3) is 1.69. The van der Waals surface area contributed by atoms with Gasteiger partial charge < -0.3 is 5.11 Å². The van der Waals surface area contributed by atoms with Gasteiger partial charge in [0, 0.05) is 6.54 Å². The van der Waals surface area contributed by atoms with Crippen LogP contribution in [0.5, 0.6) is 0 Å². The van der Waals surface area contributed by atoms with Gasteiger partial charge in [0.25, 0.3) is 0 Å². The quantitative estimate of drug-likeness (QED) is 0.820. The molecule has 6 nitrogen and oxygen atoms in total. The summed E-state index contributed by atoms with van der Waals surface area (Å²) in [7, 11) is 0. The molecule has 88 valence electrons. The molecule has 1 atom stereocenters. The molecule has 0 radical (unpaired) electrons. The van der Waals surface area contributed by atoms with Gasteiger partial charge in [-0.25, -0.2) is 4.63 Å². The monoisotopic (exact) mass is 225 g/mol. The average Bonchev–Trinajstić information content (AvgIpc) is 2.77. The Labute approximate surface area is 93.2 Å². The number of carboxylic acid groups (broad SMARTS) is 1. The minimum Gasteiger partial charge on any atom is -0.480 e. The zero-order valence-corrected chi connectivity index (χ0v) is 9.43. The second-order valence-corrected chi connectivity index (χ2v) is 4.40. The molecule has 1 saturated heterocycles. The molecule has 1 fully saturated rings. The first-order valence-electron chi connectivity index (χ1n) is 5.30. The summed E-state index contributed by atoms with van der Waals surface area (Å²) in [6.45, 7) is 4.82. The lowest BCUT2D eigenvalue weighted by molar-refractivity contribution is -0.149. The number of rotatable bonds is 3. The molecule has 1 aromatic heterocycles. The van der Waals surface area contributed by atoms with Crippen molar-refractivity contribution in [1.82, 2.24) is 15.2 Å². The van der Waals surface area contributed by atoms with Crippen LogP contribution in [0, 0.1) is 6.92 Å². The molecule has 0 aromatic carbocycles. The Bertz CT molecular complexity index is 404. The van der Waals surface area contributed by atoms with Crippen molar-refractivity contribution in [2.45, 2.75) is 38.8 Å². The van der Waals surface area contributed by atoms with Crippen molar-refractivity contribution in [3.05, 3.63) is 11.4 Å². The summed E-state index contributed by atoms with van der Waals surface area (Å²) in [5, 5.41) is 16.7. The first-order chi connectivity index (χ1) is 7.54. The van der Waals surface area contributed by atoms with Crippen LogP contribution in [0.1, 0.15) is 31.2 Å². The number of hydrogen-bond donors (Lipinski definition) is 1. The maximum Gasteiger partial charge on any atom is 0.323 e. The molecule has 0 aliphatic carbocycles. The van der Waals surface area contributed by atoms with E-state index in [-0.39, 0.29) is 0 Å². The maximum absolute atomic E-state index is 11.2. The lowest BCUT2D eigenvalue weighted by Gasteiger charge is -2.30. The normalized spacial score (nSPS) is 26.1. The Morgan fingerprint density at radius 2 is 2.38 bits per heavy atom. The van der Waals surface area contributed by atoms with E-state index in [1.165, 1.54) is 0 Å². The lowest BCUT2D eigenvalue weighted by Crippen LogP contribution is -2.47. The van der Waals surface area contributed by atoms with E-state index < -0.39 is 11.5 Å². The summed E-state index contributed by atoms with van der Waals surface area (Å²) in [4.78, 5) is 13.2. The van der Waals surface area contributed by atoms with Crippen LogP contribution < -0.4 is 0 Å². The predicted octanol–water partition coefficient (Wildman–Crippen LogP) is 0.817. The predicted molar refractivity (Wildman–Crippen MR) is 54.7 cm³/mol. The van der Waals surface area contributed by atoms with Crippen molar-refractivity contribution in [3.8, 4) is 0 Å². The van der Waals surface area contributed by atoms with E-state index in [9.17, 15) is 9.90 Å². The molecule has 1 N–H and O–H groups in total. The number of aromatic nitrogens is 2. The minimum absolute atomic E-state index is 0.484. The summed E-state index contributed by atoms with van der Waals surface area (Å²) in [5.74, 6) is -0.779. The molecule has 6 heteroatoms. The highest BCUT2D eigenvalue weighted by Gasteiger charge is 2.43. The summed E-state index contributed by atoms with van der Waals surface area (Å²) in [6.07, 6.45) is 1.57. The van der Waals surface area contributed by atoms with Crippen LogP contribution in [0.4, 0.5) is 0 Å². The summed E-state index contributed by atoms with van der Waals surface area (Å²) in [6, 6.07) is 0. The smallest absolute Gasteiger partial charge is 0.323 e.